The van der Waals surface area contributed by atoms with Crippen molar-refractivity contribution in [3.8, 4) is 11.5 Å². The van der Waals surface area contributed by atoms with Crippen LogP contribution in [0.5, 0.6) is 11.5 Å². The number of hydrogen-bond donors (Lipinski definition) is 4. The van der Waals surface area contributed by atoms with Crippen molar-refractivity contribution in [3.63, 3.8) is 0 Å². The van der Waals surface area contributed by atoms with Gasteiger partial charge in [0.05, 0.1) is 0 Å². The predicted octanol–water partition coefficient (Wildman–Crippen LogP) is 1.16. The Morgan fingerprint density at radius 1 is 0.750 bits per heavy atom. The van der Waals surface area contributed by atoms with Crippen LogP contribution in [0.2, 0.25) is 0 Å². The topological polar surface area (TPSA) is 83.0 Å². The Hall–Kier alpha value is -1.34. The molecule has 6 heteroatoms. The predicted molar refractivity (Wildman–Crippen MR) is 95.7 cm³/mol. The highest BCUT2D eigenvalue weighted by Gasteiger charge is 2.08. The molecule has 0 fully saturated rings. The lowest BCUT2D eigenvalue weighted by atomic mass is 10.3. The molecular weight excluding hydrogens is 308 g/mol. The number of ether oxygens (including phenoxy) is 2. The van der Waals surface area contributed by atoms with E-state index in [0.29, 0.717) is 36.7 Å². The van der Waals surface area contributed by atoms with E-state index in [9.17, 15) is 10.2 Å². The van der Waals surface area contributed by atoms with Gasteiger partial charge < -0.3 is 30.3 Å². The third kappa shape index (κ3) is 9.72. The molecule has 0 bridgehead atoms. The van der Waals surface area contributed by atoms with Gasteiger partial charge in [-0.3, -0.25) is 0 Å². The van der Waals surface area contributed by atoms with E-state index in [1.54, 1.807) is 24.3 Å². The lowest BCUT2D eigenvalue weighted by Crippen LogP contribution is -2.35. The summed E-state index contributed by atoms with van der Waals surface area (Å²) in [6, 6.07) is 7.82. The lowest BCUT2D eigenvalue weighted by molar-refractivity contribution is 0.103. The minimum absolute atomic E-state index is 0.236. The molecule has 6 nitrogen and oxygen atoms in total. The summed E-state index contributed by atoms with van der Waals surface area (Å²) in [7, 11) is 0. The summed E-state index contributed by atoms with van der Waals surface area (Å²) in [5.41, 5.74) is 0. The zero-order chi connectivity index (χ0) is 17.9. The molecule has 0 unspecified atom stereocenters. The Labute approximate surface area is 145 Å². The molecule has 4 N–H and O–H groups in total. The molecule has 2 atom stereocenters. The molecule has 0 aliphatic heterocycles. The second kappa shape index (κ2) is 11.3. The average Bonchev–Trinajstić information content (AvgIpc) is 2.55. The Morgan fingerprint density at radius 2 is 1.08 bits per heavy atom. The van der Waals surface area contributed by atoms with Gasteiger partial charge in [0, 0.05) is 25.2 Å². The molecule has 0 saturated carbocycles. The van der Waals surface area contributed by atoms with Crippen LogP contribution in [0.15, 0.2) is 24.3 Å². The van der Waals surface area contributed by atoms with Crippen molar-refractivity contribution in [1.82, 2.24) is 10.6 Å². The zero-order valence-corrected chi connectivity index (χ0v) is 15.2. The van der Waals surface area contributed by atoms with Gasteiger partial charge in [-0.05, 0) is 24.3 Å². The second-order valence-corrected chi connectivity index (χ2v) is 6.53. The highest BCUT2D eigenvalue weighted by molar-refractivity contribution is 5.31. The fourth-order valence-electron chi connectivity index (χ4n) is 1.88. The number of rotatable bonds is 12. The van der Waals surface area contributed by atoms with E-state index in [1.165, 1.54) is 0 Å². The van der Waals surface area contributed by atoms with E-state index in [4.69, 9.17) is 9.47 Å². The Morgan fingerprint density at radius 3 is 1.38 bits per heavy atom. The van der Waals surface area contributed by atoms with Gasteiger partial charge in [-0.1, -0.05) is 27.7 Å². The summed E-state index contributed by atoms with van der Waals surface area (Å²) in [5, 5.41) is 25.9. The molecule has 24 heavy (non-hydrogen) atoms. The molecule has 0 radical (unpaired) electrons. The zero-order valence-electron chi connectivity index (χ0n) is 15.2. The van der Waals surface area contributed by atoms with E-state index in [1.807, 2.05) is 27.7 Å². The Balaban J connectivity index is 2.27. The van der Waals surface area contributed by atoms with Gasteiger partial charge in [-0.15, -0.1) is 0 Å². The molecule has 1 aromatic carbocycles. The Bertz CT molecular complexity index is 396. The third-order valence-corrected chi connectivity index (χ3v) is 3.23. The van der Waals surface area contributed by atoms with Crippen LogP contribution >= 0.6 is 0 Å². The summed E-state index contributed by atoms with van der Waals surface area (Å²) in [6.45, 7) is 9.59. The molecule has 0 aliphatic carbocycles. The maximum atomic E-state index is 9.80. The summed E-state index contributed by atoms with van der Waals surface area (Å²) in [6.07, 6.45) is -1.10. The van der Waals surface area contributed by atoms with E-state index in [0.717, 1.165) is 0 Å². The summed E-state index contributed by atoms with van der Waals surface area (Å²) in [5.74, 6) is 1.35. The van der Waals surface area contributed by atoms with Crippen LogP contribution < -0.4 is 20.1 Å². The van der Waals surface area contributed by atoms with Crippen LogP contribution in [0.3, 0.4) is 0 Å². The average molecular weight is 340 g/mol. The van der Waals surface area contributed by atoms with Crippen LogP contribution in [0, 0.1) is 0 Å². The van der Waals surface area contributed by atoms with Gasteiger partial charge in [0.1, 0.15) is 36.9 Å². The second-order valence-electron chi connectivity index (χ2n) is 6.53. The monoisotopic (exact) mass is 340 g/mol. The molecule has 0 aromatic heterocycles. The van der Waals surface area contributed by atoms with Gasteiger partial charge in [0.2, 0.25) is 0 Å². The third-order valence-electron chi connectivity index (χ3n) is 3.23. The van der Waals surface area contributed by atoms with E-state index in [2.05, 4.69) is 10.6 Å². The van der Waals surface area contributed by atoms with Crippen molar-refractivity contribution in [2.24, 2.45) is 0 Å². The first kappa shape index (κ1) is 20.7. The van der Waals surface area contributed by atoms with Crippen molar-refractivity contribution < 1.29 is 19.7 Å². The van der Waals surface area contributed by atoms with Crippen molar-refractivity contribution >= 4 is 0 Å². The van der Waals surface area contributed by atoms with Crippen LogP contribution in [0.25, 0.3) is 0 Å². The van der Waals surface area contributed by atoms with Gasteiger partial charge in [-0.25, -0.2) is 0 Å². The fraction of sp³-hybridized carbons (Fsp3) is 0.667. The SMILES string of the molecule is CC(C)NC[C@@H](O)COc1ccc(OC[C@H](O)CNC(C)C)cc1. The highest BCUT2D eigenvalue weighted by Crippen LogP contribution is 2.17. The minimum atomic E-state index is -0.549. The molecule has 0 saturated heterocycles. The largest absolute Gasteiger partial charge is 0.491 e. The van der Waals surface area contributed by atoms with E-state index >= 15 is 0 Å². The first-order valence-electron chi connectivity index (χ1n) is 8.55. The molecule has 0 amide bonds. The summed E-state index contributed by atoms with van der Waals surface area (Å²) < 4.78 is 11.1. The van der Waals surface area contributed by atoms with Gasteiger partial charge in [-0.2, -0.15) is 0 Å². The fourth-order valence-corrected chi connectivity index (χ4v) is 1.88. The van der Waals surface area contributed by atoms with Crippen LogP contribution in [0.4, 0.5) is 0 Å². The molecular formula is C18H32N2O4. The van der Waals surface area contributed by atoms with Crippen LogP contribution in [-0.4, -0.2) is 60.8 Å². The maximum Gasteiger partial charge on any atom is 0.119 e. The highest BCUT2D eigenvalue weighted by atomic mass is 16.5. The number of benzene rings is 1. The van der Waals surface area contributed by atoms with E-state index < -0.39 is 12.2 Å². The van der Waals surface area contributed by atoms with Crippen molar-refractivity contribution in [2.75, 3.05) is 26.3 Å². The lowest BCUT2D eigenvalue weighted by Gasteiger charge is -2.16. The molecule has 1 aromatic rings. The van der Waals surface area contributed by atoms with Crippen LogP contribution in [0.1, 0.15) is 27.7 Å². The normalized spacial score (nSPS) is 14.0. The molecule has 0 heterocycles. The van der Waals surface area contributed by atoms with Gasteiger partial charge in [0.15, 0.2) is 0 Å². The molecule has 0 spiro atoms. The van der Waals surface area contributed by atoms with Gasteiger partial charge >= 0.3 is 0 Å². The molecule has 1 rings (SSSR count). The van der Waals surface area contributed by atoms with Crippen molar-refractivity contribution in [3.05, 3.63) is 24.3 Å². The first-order chi connectivity index (χ1) is 11.4. The Kier molecular flexibility index (Phi) is 9.71. The molecule has 0 aliphatic rings. The van der Waals surface area contributed by atoms with Crippen molar-refractivity contribution in [1.29, 1.82) is 0 Å². The van der Waals surface area contributed by atoms with Crippen molar-refractivity contribution in [2.45, 2.75) is 52.0 Å². The number of aliphatic hydroxyl groups is 2. The number of nitrogens with one attached hydrogen (secondary N) is 2. The van der Waals surface area contributed by atoms with Crippen LogP contribution in [-0.2, 0) is 0 Å². The number of aliphatic hydroxyl groups excluding tert-OH is 2. The van der Waals surface area contributed by atoms with Gasteiger partial charge in [0.25, 0.3) is 0 Å². The first-order valence-corrected chi connectivity index (χ1v) is 8.55. The summed E-state index contributed by atoms with van der Waals surface area (Å²) in [4.78, 5) is 0. The quantitative estimate of drug-likeness (QED) is 0.457. The molecule has 138 valence electrons. The maximum absolute atomic E-state index is 9.80. The minimum Gasteiger partial charge on any atom is -0.491 e. The standard InChI is InChI=1S/C18H32N2O4/c1-13(2)19-9-15(21)11-23-17-5-7-18(8-6-17)24-12-16(22)10-20-14(3)4/h5-8,13-16,19-22H,9-12H2,1-4H3/t15-,16-/m1/s1. The van der Waals surface area contributed by atoms with E-state index in [-0.39, 0.29) is 13.2 Å². The summed E-state index contributed by atoms with van der Waals surface area (Å²) >= 11 is 0. The number of hydrogen-bond acceptors (Lipinski definition) is 6. The smallest absolute Gasteiger partial charge is 0.119 e.